The number of carbonyl (C=O) groups excluding carboxylic acids is 3. The maximum atomic E-state index is 13.8. The molecule has 0 radical (unpaired) electrons. The molecule has 2 N–H and O–H groups in total. The molecular formula is C43H43NO10. The molecule has 3 aliphatic carbocycles. The lowest BCUT2D eigenvalue weighted by Crippen LogP contribution is -2.55. The molecule has 1 saturated carbocycles. The Kier molecular flexibility index (Phi) is 9.07. The minimum Gasteiger partial charge on any atom is -0.460 e. The molecule has 5 atom stereocenters. The largest absolute Gasteiger partial charge is 0.460 e. The molecule has 1 saturated heterocycles. The second-order valence-electron chi connectivity index (χ2n) is 15.2. The van der Waals surface area contributed by atoms with Crippen LogP contribution < -0.4 is 10.3 Å². The third-order valence-electron chi connectivity index (χ3n) is 12.4. The van der Waals surface area contributed by atoms with Gasteiger partial charge in [-0.2, -0.15) is 0 Å². The molecule has 2 aliphatic heterocycles. The zero-order valence-electron chi connectivity index (χ0n) is 30.4. The highest BCUT2D eigenvalue weighted by atomic mass is 16.5. The first-order valence-electron chi connectivity index (χ1n) is 18.5. The number of hydrogen-bond acceptors (Lipinski definition) is 11. The molecule has 0 amide bonds. The van der Waals surface area contributed by atoms with Gasteiger partial charge in [0.05, 0.1) is 30.6 Å². The summed E-state index contributed by atoms with van der Waals surface area (Å²) in [5.74, 6) is -0.713. The molecule has 280 valence electrons. The van der Waals surface area contributed by atoms with Crippen molar-refractivity contribution in [1.82, 2.24) is 0 Å². The lowest BCUT2D eigenvalue weighted by atomic mass is 9.51. The van der Waals surface area contributed by atoms with Crippen LogP contribution in [0.1, 0.15) is 66.0 Å². The van der Waals surface area contributed by atoms with Crippen molar-refractivity contribution >= 4 is 34.4 Å². The molecule has 11 heteroatoms. The van der Waals surface area contributed by atoms with Crippen LogP contribution in [0.4, 0.5) is 5.88 Å². The molecule has 11 nitrogen and oxygen atoms in total. The Morgan fingerprint density at radius 1 is 0.981 bits per heavy atom. The molecule has 4 heterocycles. The summed E-state index contributed by atoms with van der Waals surface area (Å²) >= 11 is 0. The number of carbonyl (C=O) groups is 3. The summed E-state index contributed by atoms with van der Waals surface area (Å²) in [5.41, 5.74) is 3.50. The van der Waals surface area contributed by atoms with E-state index in [9.17, 15) is 29.4 Å². The number of aliphatic hydroxyl groups excluding tert-OH is 2. The number of ether oxygens (including phenoxy) is 2. The Bertz CT molecular complexity index is 2280. The van der Waals surface area contributed by atoms with E-state index in [0.717, 1.165) is 29.8 Å². The monoisotopic (exact) mass is 733 g/mol. The first-order chi connectivity index (χ1) is 26.0. The van der Waals surface area contributed by atoms with Crippen molar-refractivity contribution in [1.29, 1.82) is 0 Å². The number of morpholine rings is 1. The molecule has 2 aromatic carbocycles. The Morgan fingerprint density at radius 3 is 2.46 bits per heavy atom. The fourth-order valence-electron chi connectivity index (χ4n) is 9.58. The summed E-state index contributed by atoms with van der Waals surface area (Å²) < 4.78 is 22.9. The first kappa shape index (κ1) is 35.9. The van der Waals surface area contributed by atoms with Gasteiger partial charge in [0.15, 0.2) is 17.1 Å². The summed E-state index contributed by atoms with van der Waals surface area (Å²) in [6.45, 7) is 10.2. The molecule has 4 aromatic rings. The maximum Gasteiger partial charge on any atom is 0.342 e. The lowest BCUT2D eigenvalue weighted by Gasteiger charge is -2.53. The van der Waals surface area contributed by atoms with Crippen LogP contribution in [-0.2, 0) is 19.7 Å². The quantitative estimate of drug-likeness (QED) is 0.182. The van der Waals surface area contributed by atoms with Gasteiger partial charge in [-0.05, 0) is 42.5 Å². The molecule has 2 aromatic heterocycles. The molecule has 54 heavy (non-hydrogen) atoms. The van der Waals surface area contributed by atoms with Crippen LogP contribution >= 0.6 is 0 Å². The number of cyclic esters (lactones) is 1. The van der Waals surface area contributed by atoms with E-state index in [2.05, 4.69) is 11.5 Å². The summed E-state index contributed by atoms with van der Waals surface area (Å²) in [4.78, 5) is 53.9. The predicted octanol–water partition coefficient (Wildman–Crippen LogP) is 5.80. The van der Waals surface area contributed by atoms with E-state index in [4.69, 9.17) is 18.3 Å². The highest BCUT2D eigenvalue weighted by molar-refractivity contribution is 6.14. The SMILES string of the molecule is C=C(CO)[C@@H]1C[C@]2(C)C(=O)CCC2C2=C1[C@]1(C)c3c(coc3C2=O)C(=O)O[C@@H]1CCO.O=c1cc(N2CCOCC2)oc2c(-c3ccccc3)cccc12. The Labute approximate surface area is 311 Å². The van der Waals surface area contributed by atoms with E-state index < -0.39 is 28.8 Å². The molecule has 1 unspecified atom stereocenters. The Hall–Kier alpha value is -5.10. The van der Waals surface area contributed by atoms with Crippen molar-refractivity contribution in [2.45, 2.75) is 51.0 Å². The van der Waals surface area contributed by atoms with Crippen molar-refractivity contribution in [2.24, 2.45) is 17.3 Å². The van der Waals surface area contributed by atoms with Crippen molar-refractivity contribution < 1.29 is 42.9 Å². The molecular weight excluding hydrogens is 690 g/mol. The van der Waals surface area contributed by atoms with Crippen LogP contribution in [-0.4, -0.2) is 73.4 Å². The van der Waals surface area contributed by atoms with E-state index in [0.29, 0.717) is 66.0 Å². The van der Waals surface area contributed by atoms with Crippen LogP contribution in [0, 0.1) is 17.3 Å². The number of allylic oxidation sites excluding steroid dienone is 1. The Balaban J connectivity index is 0.000000160. The van der Waals surface area contributed by atoms with Crippen molar-refractivity contribution in [3.8, 4) is 11.1 Å². The van der Waals surface area contributed by atoms with Gasteiger partial charge in [0, 0.05) is 72.6 Å². The van der Waals surface area contributed by atoms with Crippen molar-refractivity contribution in [2.75, 3.05) is 44.4 Å². The second kappa shape index (κ2) is 13.6. The highest BCUT2D eigenvalue weighted by Gasteiger charge is 2.63. The lowest BCUT2D eigenvalue weighted by molar-refractivity contribution is -0.127. The highest BCUT2D eigenvalue weighted by Crippen LogP contribution is 2.63. The van der Waals surface area contributed by atoms with Gasteiger partial charge in [-0.15, -0.1) is 0 Å². The average molecular weight is 734 g/mol. The second-order valence-corrected chi connectivity index (χ2v) is 15.2. The molecule has 0 spiro atoms. The van der Waals surface area contributed by atoms with Gasteiger partial charge in [-0.1, -0.05) is 56.0 Å². The van der Waals surface area contributed by atoms with Gasteiger partial charge < -0.3 is 33.4 Å². The topological polar surface area (TPSA) is 157 Å². The third-order valence-corrected chi connectivity index (χ3v) is 12.4. The van der Waals surface area contributed by atoms with Gasteiger partial charge in [-0.3, -0.25) is 14.4 Å². The number of aliphatic hydroxyl groups is 2. The number of rotatable bonds is 6. The van der Waals surface area contributed by atoms with Crippen LogP contribution in [0.3, 0.4) is 0 Å². The van der Waals surface area contributed by atoms with Gasteiger partial charge in [0.2, 0.25) is 5.78 Å². The first-order valence-corrected chi connectivity index (χ1v) is 18.5. The molecule has 5 aliphatic rings. The van der Waals surface area contributed by atoms with Crippen LogP contribution in [0.5, 0.6) is 0 Å². The fourth-order valence-corrected chi connectivity index (χ4v) is 9.58. The van der Waals surface area contributed by atoms with Crippen LogP contribution in [0.25, 0.3) is 22.1 Å². The predicted molar refractivity (Wildman–Crippen MR) is 199 cm³/mol. The fraction of sp³-hybridized carbons (Fsp3) is 0.395. The van der Waals surface area contributed by atoms with E-state index >= 15 is 0 Å². The number of esters is 1. The number of hydrogen-bond donors (Lipinski definition) is 2. The van der Waals surface area contributed by atoms with Gasteiger partial charge in [0.1, 0.15) is 29.3 Å². The standard InChI is InChI=1S/C24H26O7.C19H17NO3/c1-11(9-26)12-8-23(2)14(4-5-15(23)27)17-18(12)24(3)16(6-7-25)31-22(29)13-10-30-21(19(13)24)20(17)28;21-17-13-18(20-9-11-22-12-10-20)23-19-15(7-4-8-16(17)19)14-5-2-1-3-6-14/h10,12,14,16,25-26H,1,4-9H2,2-3H3;1-8,13H,9-12H2/t12-,14?,16+,23-,24+;/m0./s1. The van der Waals surface area contributed by atoms with Gasteiger partial charge in [0.25, 0.3) is 0 Å². The number of benzene rings is 2. The Morgan fingerprint density at radius 2 is 1.74 bits per heavy atom. The minimum absolute atomic E-state index is 0.00878. The van der Waals surface area contributed by atoms with Gasteiger partial charge >= 0.3 is 5.97 Å². The van der Waals surface area contributed by atoms with E-state index in [-0.39, 0.29) is 53.9 Å². The minimum atomic E-state index is -0.923. The van der Waals surface area contributed by atoms with E-state index in [1.54, 1.807) is 6.07 Å². The normalized spacial score (nSPS) is 27.1. The number of anilines is 1. The van der Waals surface area contributed by atoms with Crippen molar-refractivity contribution in [3.63, 3.8) is 0 Å². The molecule has 0 bridgehead atoms. The van der Waals surface area contributed by atoms with E-state index in [1.165, 1.54) is 6.26 Å². The van der Waals surface area contributed by atoms with Crippen LogP contribution in [0.15, 0.2) is 97.8 Å². The molecule has 9 rings (SSSR count). The summed E-state index contributed by atoms with van der Waals surface area (Å²) in [7, 11) is 0. The zero-order chi connectivity index (χ0) is 37.9. The smallest absolute Gasteiger partial charge is 0.342 e. The van der Waals surface area contributed by atoms with E-state index in [1.807, 2.05) is 62.4 Å². The number of furan rings is 1. The number of nitrogens with zero attached hydrogens (tertiary/aromatic N) is 1. The summed E-state index contributed by atoms with van der Waals surface area (Å²) in [6.07, 6.45) is 2.16. The van der Waals surface area contributed by atoms with Crippen LogP contribution in [0.2, 0.25) is 0 Å². The maximum absolute atomic E-state index is 13.8. The number of para-hydroxylation sites is 1. The third kappa shape index (κ3) is 5.43. The van der Waals surface area contributed by atoms with Gasteiger partial charge in [-0.25, -0.2) is 4.79 Å². The number of Topliss-reactive ketones (excluding diaryl/α,β-unsaturated/α-hetero) is 2. The molecule has 2 fully saturated rings. The summed E-state index contributed by atoms with van der Waals surface area (Å²) in [5, 5.41) is 20.3. The zero-order valence-corrected chi connectivity index (χ0v) is 30.4. The number of ketones is 2. The number of fused-ring (bicyclic) bond motifs is 4. The average Bonchev–Trinajstić information content (AvgIpc) is 3.78. The van der Waals surface area contributed by atoms with Crippen molar-refractivity contribution in [3.05, 3.63) is 111 Å². The summed E-state index contributed by atoms with van der Waals surface area (Å²) in [6, 6.07) is 17.3.